The van der Waals surface area contributed by atoms with Crippen molar-refractivity contribution in [3.63, 3.8) is 0 Å². The van der Waals surface area contributed by atoms with Crippen LogP contribution in [0.3, 0.4) is 0 Å². The van der Waals surface area contributed by atoms with Crippen LogP contribution in [0.2, 0.25) is 18.6 Å². The molecular weight excluding hydrogens is 659 g/mol. The van der Waals surface area contributed by atoms with Gasteiger partial charge in [0.1, 0.15) is 0 Å². The maximum Gasteiger partial charge on any atom is 0.264 e. The lowest BCUT2D eigenvalue weighted by Crippen LogP contribution is -2.46. The van der Waals surface area contributed by atoms with E-state index in [4.69, 9.17) is 4.74 Å². The maximum atomic E-state index is 14.9. The van der Waals surface area contributed by atoms with E-state index in [1.54, 1.807) is 14.5 Å². The lowest BCUT2D eigenvalue weighted by molar-refractivity contribution is -0.146. The number of aliphatic hydroxyl groups is 1. The first-order valence-electron chi connectivity index (χ1n) is 17.4. The van der Waals surface area contributed by atoms with Gasteiger partial charge in [0.15, 0.2) is 13.9 Å². The first-order chi connectivity index (χ1) is 24.7. The van der Waals surface area contributed by atoms with Gasteiger partial charge in [-0.2, -0.15) is 0 Å². The van der Waals surface area contributed by atoms with Crippen LogP contribution in [-0.4, -0.2) is 58.2 Å². The van der Waals surface area contributed by atoms with Crippen molar-refractivity contribution in [2.24, 2.45) is 5.92 Å². The molecule has 2 aliphatic heterocycles. The fourth-order valence-corrected chi connectivity index (χ4v) is 10.8. The minimum Gasteiger partial charge on any atom is -0.432 e. The molecule has 1 unspecified atom stereocenters. The highest BCUT2D eigenvalue weighted by Gasteiger charge is 2.66. The van der Waals surface area contributed by atoms with Crippen molar-refractivity contribution in [1.29, 1.82) is 0 Å². The molecule has 4 aromatic carbocycles. The average Bonchev–Trinajstić information content (AvgIpc) is 3.79. The smallest absolute Gasteiger partial charge is 0.264 e. The van der Waals surface area contributed by atoms with Crippen molar-refractivity contribution >= 4 is 37.7 Å². The molecule has 2 N–H and O–H groups in total. The van der Waals surface area contributed by atoms with Crippen LogP contribution >= 0.6 is 0 Å². The molecule has 51 heavy (non-hydrogen) atoms. The van der Waals surface area contributed by atoms with E-state index in [1.807, 2.05) is 135 Å². The molecule has 10 nitrogen and oxygen atoms in total. The number of aryl methyl sites for hydroxylation is 1. The Labute approximate surface area is 299 Å². The number of aliphatic hydroxyl groups excluding tert-OH is 1. The first-order valence-corrected chi connectivity index (χ1v) is 20.4. The number of nitrogens with zero attached hydrogens (tertiary/aromatic N) is 5. The second-order valence-electron chi connectivity index (χ2n) is 14.1. The molecule has 2 aliphatic rings. The van der Waals surface area contributed by atoms with Crippen molar-refractivity contribution in [3.8, 4) is 0 Å². The molecule has 1 aromatic heterocycles. The summed E-state index contributed by atoms with van der Waals surface area (Å²) in [5.41, 5.74) is 4.04. The summed E-state index contributed by atoms with van der Waals surface area (Å²) in [6, 6.07) is 34.6. The Morgan fingerprint density at radius 1 is 0.961 bits per heavy atom. The largest absolute Gasteiger partial charge is 0.432 e. The summed E-state index contributed by atoms with van der Waals surface area (Å²) in [6.45, 7) is 6.54. The third-order valence-corrected chi connectivity index (χ3v) is 13.0. The van der Waals surface area contributed by atoms with Crippen LogP contribution in [0.15, 0.2) is 115 Å². The minimum absolute atomic E-state index is 0.0917. The SMILES string of the molecule is C[C@@H]1[C@@H]([Si](C)(C)O)[C@H](CCn2cc(C(CO)c3ccccc3)nn2)O[C@@]12C(=O)N(Cc1cccc(N(C=O)c3ccccc3)c1)c1ccccc12. The highest BCUT2D eigenvalue weighted by Crippen LogP contribution is 2.59. The molecule has 262 valence electrons. The number of carbonyl (C=O) groups is 2. The van der Waals surface area contributed by atoms with E-state index in [2.05, 4.69) is 10.3 Å². The lowest BCUT2D eigenvalue weighted by atomic mass is 9.82. The van der Waals surface area contributed by atoms with Gasteiger partial charge in [-0.05, 0) is 61.0 Å². The molecule has 1 spiro atoms. The van der Waals surface area contributed by atoms with Crippen LogP contribution in [0, 0.1) is 5.92 Å². The molecule has 11 heteroatoms. The zero-order valence-electron chi connectivity index (χ0n) is 29.0. The second-order valence-corrected chi connectivity index (χ2v) is 18.1. The molecule has 5 atom stereocenters. The van der Waals surface area contributed by atoms with Gasteiger partial charge in [0.25, 0.3) is 5.91 Å². The number of rotatable bonds is 12. The van der Waals surface area contributed by atoms with Crippen LogP contribution in [0.25, 0.3) is 0 Å². The van der Waals surface area contributed by atoms with Gasteiger partial charge in [0.05, 0.1) is 36.6 Å². The molecular formula is C40H43N5O5Si. The van der Waals surface area contributed by atoms with E-state index in [0.29, 0.717) is 24.3 Å². The van der Waals surface area contributed by atoms with E-state index in [1.165, 1.54) is 0 Å². The Morgan fingerprint density at radius 3 is 2.35 bits per heavy atom. The number of para-hydroxylation sites is 2. The van der Waals surface area contributed by atoms with Gasteiger partial charge in [-0.15, -0.1) is 5.10 Å². The van der Waals surface area contributed by atoms with Crippen molar-refractivity contribution in [1.82, 2.24) is 15.0 Å². The molecule has 0 bridgehead atoms. The predicted octanol–water partition coefficient (Wildman–Crippen LogP) is 6.13. The van der Waals surface area contributed by atoms with Gasteiger partial charge in [-0.1, -0.05) is 91.0 Å². The monoisotopic (exact) mass is 701 g/mol. The van der Waals surface area contributed by atoms with Crippen molar-refractivity contribution < 1.29 is 24.2 Å². The van der Waals surface area contributed by atoms with Crippen LogP contribution in [0.1, 0.15) is 41.6 Å². The number of carbonyl (C=O) groups excluding carboxylic acids is 2. The summed E-state index contributed by atoms with van der Waals surface area (Å²) in [4.78, 5) is 42.1. The Morgan fingerprint density at radius 2 is 1.65 bits per heavy atom. The van der Waals surface area contributed by atoms with Crippen LogP contribution in [0.5, 0.6) is 0 Å². The summed E-state index contributed by atoms with van der Waals surface area (Å²) in [7, 11) is -2.86. The molecule has 0 aliphatic carbocycles. The number of amides is 2. The molecule has 0 saturated carbocycles. The van der Waals surface area contributed by atoms with Gasteiger partial charge in [-0.25, -0.2) is 0 Å². The van der Waals surface area contributed by atoms with Crippen LogP contribution in [-0.2, 0) is 33.0 Å². The Hall–Kier alpha value is -4.94. The number of aromatic nitrogens is 3. The quantitative estimate of drug-likeness (QED) is 0.119. The molecule has 0 radical (unpaired) electrons. The molecule has 7 rings (SSSR count). The van der Waals surface area contributed by atoms with Crippen molar-refractivity contribution in [2.45, 2.75) is 62.7 Å². The van der Waals surface area contributed by atoms with Gasteiger partial charge < -0.3 is 19.5 Å². The molecule has 1 saturated heterocycles. The zero-order chi connectivity index (χ0) is 35.8. The predicted molar refractivity (Wildman–Crippen MR) is 198 cm³/mol. The normalized spacial score (nSPS) is 21.9. The van der Waals surface area contributed by atoms with Gasteiger partial charge in [0.2, 0.25) is 6.41 Å². The Kier molecular flexibility index (Phi) is 9.47. The standard InChI is InChI=1S/C40H43N5O5Si/c1-28-38(51(2,3)49)37(21-22-43-25-35(41-42-43)33(26-46)30-14-6-4-7-15-30)50-40(28)34-19-10-11-20-36(34)44(39(40)48)24-29-13-12-18-32(23-29)45(27-47)31-16-8-5-9-17-31/h4-20,23,25,27-28,33,37-38,46,49H,21-22,24,26H2,1-3H3/t28-,33?,37+,38-,40+/m1/s1. The first kappa shape index (κ1) is 34.5. The zero-order valence-corrected chi connectivity index (χ0v) is 30.0. The number of hydrogen-bond acceptors (Lipinski definition) is 7. The summed E-state index contributed by atoms with van der Waals surface area (Å²) in [5, 5.41) is 18.9. The number of fused-ring (bicyclic) bond motifs is 2. The maximum absolute atomic E-state index is 14.9. The van der Waals surface area contributed by atoms with E-state index in [9.17, 15) is 19.5 Å². The molecule has 3 heterocycles. The van der Waals surface area contributed by atoms with Crippen molar-refractivity contribution in [2.75, 3.05) is 16.4 Å². The van der Waals surface area contributed by atoms with E-state index >= 15 is 0 Å². The molecule has 1 fully saturated rings. The minimum atomic E-state index is -2.86. The summed E-state index contributed by atoms with van der Waals surface area (Å²) in [5.74, 6) is -0.744. The number of anilines is 3. The van der Waals surface area contributed by atoms with Gasteiger partial charge in [0, 0.05) is 41.1 Å². The lowest BCUT2D eigenvalue weighted by Gasteiger charge is -2.32. The highest BCUT2D eigenvalue weighted by atomic mass is 28.4. The van der Waals surface area contributed by atoms with E-state index in [-0.39, 0.29) is 36.4 Å². The molecule has 5 aromatic rings. The third-order valence-electron chi connectivity index (χ3n) is 10.5. The summed E-state index contributed by atoms with van der Waals surface area (Å²) < 4.78 is 8.75. The summed E-state index contributed by atoms with van der Waals surface area (Å²) in [6.07, 6.45) is 2.76. The topological polar surface area (TPSA) is 121 Å². The van der Waals surface area contributed by atoms with Gasteiger partial charge in [-0.3, -0.25) is 19.2 Å². The van der Waals surface area contributed by atoms with Crippen LogP contribution < -0.4 is 9.80 Å². The van der Waals surface area contributed by atoms with E-state index in [0.717, 1.165) is 34.5 Å². The Balaban J connectivity index is 1.16. The average molecular weight is 702 g/mol. The number of hydrogen-bond donors (Lipinski definition) is 2. The fraction of sp³-hybridized carbons (Fsp3) is 0.300. The highest BCUT2D eigenvalue weighted by molar-refractivity contribution is 6.71. The fourth-order valence-electron chi connectivity index (χ4n) is 8.20. The third kappa shape index (κ3) is 6.31. The van der Waals surface area contributed by atoms with Gasteiger partial charge >= 0.3 is 0 Å². The second kappa shape index (κ2) is 14.0. The Bertz CT molecular complexity index is 2000. The molecule has 2 amide bonds. The number of benzene rings is 4. The number of ether oxygens (including phenoxy) is 1. The van der Waals surface area contributed by atoms with Crippen molar-refractivity contribution in [3.05, 3.63) is 138 Å². The summed E-state index contributed by atoms with van der Waals surface area (Å²) >= 11 is 0. The van der Waals surface area contributed by atoms with E-state index < -0.39 is 20.0 Å². The van der Waals surface area contributed by atoms with Crippen LogP contribution in [0.4, 0.5) is 17.1 Å².